The molecule has 8 heteroatoms. The number of hydrogen-bond acceptors (Lipinski definition) is 6. The predicted molar refractivity (Wildman–Crippen MR) is 112 cm³/mol. The van der Waals surface area contributed by atoms with Crippen LogP contribution < -0.4 is 9.47 Å². The molecule has 6 nitrogen and oxygen atoms in total. The summed E-state index contributed by atoms with van der Waals surface area (Å²) in [6, 6.07) is 14.7. The van der Waals surface area contributed by atoms with Crippen molar-refractivity contribution >= 4 is 33.5 Å². The van der Waals surface area contributed by atoms with Crippen LogP contribution in [0.15, 0.2) is 58.2 Å². The largest absolute Gasteiger partial charge is 0.497 e. The number of hydrogen-bond donors (Lipinski definition) is 0. The van der Waals surface area contributed by atoms with Crippen molar-refractivity contribution in [2.75, 3.05) is 12.9 Å². The summed E-state index contributed by atoms with van der Waals surface area (Å²) < 4.78 is 13.9. The molecule has 1 atom stereocenters. The number of carbonyl (C=O) groups excluding carboxylic acids is 1. The van der Waals surface area contributed by atoms with E-state index in [4.69, 9.17) is 9.47 Å². The number of ketones is 1. The molecule has 3 rings (SSSR count). The second kappa shape index (κ2) is 9.25. The Bertz CT molecular complexity index is 942. The molecule has 0 spiro atoms. The van der Waals surface area contributed by atoms with Crippen LogP contribution in [-0.4, -0.2) is 33.4 Å². The number of ether oxygens (including phenoxy) is 2. The van der Waals surface area contributed by atoms with Crippen LogP contribution in [0.1, 0.15) is 29.2 Å². The van der Waals surface area contributed by atoms with Gasteiger partial charge in [0, 0.05) is 17.1 Å². The van der Waals surface area contributed by atoms with Gasteiger partial charge in [-0.25, -0.2) is 0 Å². The molecule has 1 heterocycles. The number of thioether (sulfide) groups is 1. The van der Waals surface area contributed by atoms with Crippen LogP contribution in [0.5, 0.6) is 11.5 Å². The molecule has 1 aromatic heterocycles. The fourth-order valence-electron chi connectivity index (χ4n) is 2.57. The first-order chi connectivity index (χ1) is 13.5. The zero-order chi connectivity index (χ0) is 20.1. The fourth-order valence-corrected chi connectivity index (χ4v) is 3.64. The van der Waals surface area contributed by atoms with Crippen LogP contribution >= 0.6 is 27.7 Å². The Morgan fingerprint density at radius 1 is 1.11 bits per heavy atom. The Hall–Kier alpha value is -2.32. The third-order valence-electron chi connectivity index (χ3n) is 4.10. The highest BCUT2D eigenvalue weighted by Gasteiger charge is 2.18. The summed E-state index contributed by atoms with van der Waals surface area (Å²) >= 11 is 4.73. The zero-order valence-corrected chi connectivity index (χ0v) is 18.2. The van der Waals surface area contributed by atoms with Crippen LogP contribution in [0.3, 0.4) is 0 Å². The Morgan fingerprint density at radius 3 is 2.39 bits per heavy atom. The van der Waals surface area contributed by atoms with Crippen molar-refractivity contribution in [2.24, 2.45) is 7.05 Å². The second-order valence-corrected chi connectivity index (χ2v) is 7.91. The Morgan fingerprint density at radius 2 is 1.75 bits per heavy atom. The second-order valence-electron chi connectivity index (χ2n) is 6.05. The quantitative estimate of drug-likeness (QED) is 0.357. The summed E-state index contributed by atoms with van der Waals surface area (Å²) in [6.45, 7) is 1.91. The molecule has 0 saturated heterocycles. The minimum Gasteiger partial charge on any atom is -0.497 e. The van der Waals surface area contributed by atoms with Crippen molar-refractivity contribution in [1.82, 2.24) is 14.8 Å². The number of Topliss-reactive ketones (excluding diaryl/α,β-unsaturated/α-hetero) is 1. The van der Waals surface area contributed by atoms with Crippen LogP contribution in [0.25, 0.3) is 0 Å². The van der Waals surface area contributed by atoms with Gasteiger partial charge >= 0.3 is 0 Å². The first-order valence-corrected chi connectivity index (χ1v) is 10.4. The fraction of sp³-hybridized carbons (Fsp3) is 0.250. The van der Waals surface area contributed by atoms with Crippen molar-refractivity contribution in [3.63, 3.8) is 0 Å². The number of methoxy groups -OCH3 is 1. The van der Waals surface area contributed by atoms with Crippen LogP contribution in [0.2, 0.25) is 0 Å². The summed E-state index contributed by atoms with van der Waals surface area (Å²) in [5.41, 5.74) is 0.675. The van der Waals surface area contributed by atoms with Gasteiger partial charge in [-0.1, -0.05) is 39.8 Å². The van der Waals surface area contributed by atoms with Crippen molar-refractivity contribution < 1.29 is 14.3 Å². The third kappa shape index (κ3) is 4.94. The molecule has 0 N–H and O–H groups in total. The first-order valence-electron chi connectivity index (χ1n) is 8.59. The van der Waals surface area contributed by atoms with Crippen molar-refractivity contribution in [1.29, 1.82) is 0 Å². The lowest BCUT2D eigenvalue weighted by Crippen LogP contribution is -2.10. The van der Waals surface area contributed by atoms with E-state index in [0.717, 1.165) is 16.0 Å². The highest BCUT2D eigenvalue weighted by molar-refractivity contribution is 9.10. The summed E-state index contributed by atoms with van der Waals surface area (Å²) in [5, 5.41) is 9.11. The van der Waals surface area contributed by atoms with Gasteiger partial charge in [-0.05, 0) is 43.3 Å². The maximum absolute atomic E-state index is 12.3. The molecule has 0 aliphatic carbocycles. The molecular formula is C20H20BrN3O3S. The minimum absolute atomic E-state index is 0.0459. The maximum Gasteiger partial charge on any atom is 0.191 e. The van der Waals surface area contributed by atoms with Gasteiger partial charge in [0.2, 0.25) is 0 Å². The summed E-state index contributed by atoms with van der Waals surface area (Å²) in [5.74, 6) is 2.52. The lowest BCUT2D eigenvalue weighted by Gasteiger charge is -2.14. The number of nitrogens with zero attached hydrogens (tertiary/aromatic N) is 3. The van der Waals surface area contributed by atoms with E-state index in [2.05, 4.69) is 26.1 Å². The zero-order valence-electron chi connectivity index (χ0n) is 15.8. The topological polar surface area (TPSA) is 66.2 Å². The predicted octanol–water partition coefficient (Wildman–Crippen LogP) is 4.70. The van der Waals surface area contributed by atoms with E-state index in [1.165, 1.54) is 11.8 Å². The molecule has 0 radical (unpaired) electrons. The Balaban J connectivity index is 1.62. The van der Waals surface area contributed by atoms with E-state index in [-0.39, 0.29) is 11.9 Å². The normalized spacial score (nSPS) is 11.9. The number of benzene rings is 2. The van der Waals surface area contributed by atoms with Gasteiger partial charge in [-0.2, -0.15) is 0 Å². The highest BCUT2D eigenvalue weighted by atomic mass is 79.9. The number of halogens is 1. The van der Waals surface area contributed by atoms with E-state index < -0.39 is 0 Å². The van der Waals surface area contributed by atoms with Gasteiger partial charge in [0.05, 0.1) is 12.9 Å². The molecule has 1 unspecified atom stereocenters. The molecule has 2 aromatic carbocycles. The summed E-state index contributed by atoms with van der Waals surface area (Å²) in [6.07, 6.45) is -0.289. The van der Waals surface area contributed by atoms with E-state index in [0.29, 0.717) is 22.3 Å². The molecule has 3 aromatic rings. The molecule has 0 saturated carbocycles. The van der Waals surface area contributed by atoms with Gasteiger partial charge in [-0.15, -0.1) is 10.2 Å². The van der Waals surface area contributed by atoms with E-state index in [1.54, 1.807) is 19.2 Å². The summed E-state index contributed by atoms with van der Waals surface area (Å²) in [7, 11) is 3.49. The third-order valence-corrected chi connectivity index (χ3v) is 5.65. The molecule has 146 valence electrons. The van der Waals surface area contributed by atoms with Crippen molar-refractivity contribution in [3.05, 3.63) is 64.4 Å². The molecular weight excluding hydrogens is 442 g/mol. The lowest BCUT2D eigenvalue weighted by atomic mass is 10.2. The summed E-state index contributed by atoms with van der Waals surface area (Å²) in [4.78, 5) is 12.3. The van der Waals surface area contributed by atoms with Crippen molar-refractivity contribution in [2.45, 2.75) is 18.2 Å². The SMILES string of the molecule is COc1ccc(OC(C)c2nnc(SCC(=O)c3ccc(Br)cc3)n2C)cc1. The highest BCUT2D eigenvalue weighted by Crippen LogP contribution is 2.25. The average Bonchev–Trinajstić information content (AvgIpc) is 3.08. The van der Waals surface area contributed by atoms with Crippen LogP contribution in [0, 0.1) is 0 Å². The average molecular weight is 462 g/mol. The minimum atomic E-state index is -0.289. The van der Waals surface area contributed by atoms with Crippen LogP contribution in [0.4, 0.5) is 0 Å². The van der Waals surface area contributed by atoms with Crippen LogP contribution in [-0.2, 0) is 7.05 Å². The molecule has 28 heavy (non-hydrogen) atoms. The lowest BCUT2D eigenvalue weighted by molar-refractivity contribution is 0.102. The van der Waals surface area contributed by atoms with Gasteiger partial charge in [-0.3, -0.25) is 4.79 Å². The molecule has 0 bridgehead atoms. The van der Waals surface area contributed by atoms with Gasteiger partial charge < -0.3 is 14.0 Å². The Labute approximate surface area is 176 Å². The monoisotopic (exact) mass is 461 g/mol. The molecule has 0 aliphatic rings. The van der Waals surface area contributed by atoms with Gasteiger partial charge in [0.25, 0.3) is 0 Å². The molecule has 0 aliphatic heterocycles. The maximum atomic E-state index is 12.3. The standard InChI is InChI=1S/C20H20BrN3O3S/c1-13(27-17-10-8-16(26-3)9-11-17)19-22-23-20(24(19)2)28-12-18(25)14-4-6-15(21)7-5-14/h4-11,13H,12H2,1-3H3. The van der Waals surface area contributed by atoms with E-state index in [1.807, 2.05) is 54.9 Å². The van der Waals surface area contributed by atoms with E-state index in [9.17, 15) is 4.79 Å². The first kappa shape index (κ1) is 20.4. The van der Waals surface area contributed by atoms with Gasteiger partial charge in [0.1, 0.15) is 11.5 Å². The van der Waals surface area contributed by atoms with Gasteiger partial charge in [0.15, 0.2) is 22.9 Å². The smallest absolute Gasteiger partial charge is 0.191 e. The number of carbonyl (C=O) groups is 1. The Kier molecular flexibility index (Phi) is 6.74. The van der Waals surface area contributed by atoms with E-state index >= 15 is 0 Å². The number of aromatic nitrogens is 3. The van der Waals surface area contributed by atoms with Crippen molar-refractivity contribution in [3.8, 4) is 11.5 Å². The molecule has 0 fully saturated rings. The molecule has 0 amide bonds. The number of rotatable bonds is 8.